The van der Waals surface area contributed by atoms with Crippen molar-refractivity contribution in [3.05, 3.63) is 51.5 Å². The highest BCUT2D eigenvalue weighted by Crippen LogP contribution is 2.33. The number of hydrogen-bond acceptors (Lipinski definition) is 3. The number of aryl methyl sites for hydroxylation is 1. The molecule has 2 nitrogen and oxygen atoms in total. The average molecular weight is 266 g/mol. The van der Waals surface area contributed by atoms with Crippen LogP contribution in [0.25, 0.3) is 0 Å². The molecule has 0 radical (unpaired) electrons. The lowest BCUT2D eigenvalue weighted by Gasteiger charge is -2.12. The van der Waals surface area contributed by atoms with Crippen LogP contribution in [0.15, 0.2) is 29.6 Å². The fourth-order valence-electron chi connectivity index (χ4n) is 1.88. The summed E-state index contributed by atoms with van der Waals surface area (Å²) in [4.78, 5) is 0.779. The molecule has 0 aliphatic heterocycles. The molecule has 2 rings (SSSR count). The molecule has 0 saturated carbocycles. The fourth-order valence-corrected chi connectivity index (χ4v) is 2.73. The van der Waals surface area contributed by atoms with E-state index >= 15 is 0 Å². The Balaban J connectivity index is 2.21. The smallest absolute Gasteiger partial charge is 0.135 e. The van der Waals surface area contributed by atoms with Gasteiger partial charge in [0.15, 0.2) is 0 Å². The summed E-state index contributed by atoms with van der Waals surface area (Å²) < 4.78 is 18.4. The summed E-state index contributed by atoms with van der Waals surface area (Å²) in [5.41, 5.74) is 1.80. The van der Waals surface area contributed by atoms with E-state index in [-0.39, 0.29) is 5.82 Å². The molecule has 1 atom stereocenters. The Morgan fingerprint density at radius 1 is 1.39 bits per heavy atom. The summed E-state index contributed by atoms with van der Waals surface area (Å²) in [5, 5.41) is 12.1. The third kappa shape index (κ3) is 2.71. The average Bonchev–Trinajstić information content (AvgIpc) is 2.82. The van der Waals surface area contributed by atoms with Crippen molar-refractivity contribution in [2.24, 2.45) is 0 Å². The number of aliphatic hydroxyl groups is 1. The van der Waals surface area contributed by atoms with Gasteiger partial charge in [0, 0.05) is 6.42 Å². The summed E-state index contributed by atoms with van der Waals surface area (Å²) in [6, 6.07) is 6.44. The van der Waals surface area contributed by atoms with Crippen molar-refractivity contribution >= 4 is 11.3 Å². The van der Waals surface area contributed by atoms with Gasteiger partial charge in [0.2, 0.25) is 0 Å². The van der Waals surface area contributed by atoms with Crippen LogP contribution in [0.4, 0.5) is 4.39 Å². The number of methoxy groups -OCH3 is 1. The van der Waals surface area contributed by atoms with E-state index in [9.17, 15) is 9.50 Å². The second kappa shape index (κ2) is 5.50. The summed E-state index contributed by atoms with van der Waals surface area (Å²) in [5.74, 6) is 0.405. The van der Waals surface area contributed by atoms with Gasteiger partial charge in [-0.25, -0.2) is 4.39 Å². The van der Waals surface area contributed by atoms with E-state index in [0.29, 0.717) is 12.2 Å². The van der Waals surface area contributed by atoms with Crippen LogP contribution in [0.2, 0.25) is 0 Å². The van der Waals surface area contributed by atoms with Crippen molar-refractivity contribution in [3.8, 4) is 5.75 Å². The van der Waals surface area contributed by atoms with Gasteiger partial charge in [0.25, 0.3) is 0 Å². The highest BCUT2D eigenvalue weighted by molar-refractivity contribution is 7.10. The van der Waals surface area contributed by atoms with Crippen LogP contribution < -0.4 is 4.74 Å². The second-order valence-electron chi connectivity index (χ2n) is 4.14. The maximum Gasteiger partial charge on any atom is 0.135 e. The third-order valence-corrected chi connectivity index (χ3v) is 3.90. The molecule has 0 aliphatic carbocycles. The fraction of sp³-hybridized carbons (Fsp3) is 0.286. The maximum absolute atomic E-state index is 13.2. The maximum atomic E-state index is 13.2. The number of ether oxygens (including phenoxy) is 1. The summed E-state index contributed by atoms with van der Waals surface area (Å²) in [6.45, 7) is 1.91. The molecule has 1 N–H and O–H groups in total. The molecule has 0 spiro atoms. The largest absolute Gasteiger partial charge is 0.495 e. The van der Waals surface area contributed by atoms with Crippen LogP contribution in [0, 0.1) is 12.7 Å². The molecule has 1 aromatic carbocycles. The van der Waals surface area contributed by atoms with E-state index in [2.05, 4.69) is 0 Å². The standard InChI is InChI=1S/C14H15FO2S/c1-9-3-4-11(15)7-10(9)8-12(16)14-13(17-2)5-6-18-14/h3-7,12,16H,8H2,1-2H3. The van der Waals surface area contributed by atoms with Crippen molar-refractivity contribution in [2.75, 3.05) is 7.11 Å². The van der Waals surface area contributed by atoms with E-state index in [0.717, 1.165) is 16.0 Å². The molecule has 1 unspecified atom stereocenters. The van der Waals surface area contributed by atoms with Crippen LogP contribution in [-0.2, 0) is 6.42 Å². The molecule has 18 heavy (non-hydrogen) atoms. The van der Waals surface area contributed by atoms with E-state index in [1.807, 2.05) is 18.4 Å². The topological polar surface area (TPSA) is 29.5 Å². The van der Waals surface area contributed by atoms with Crippen LogP contribution in [0.3, 0.4) is 0 Å². The summed E-state index contributed by atoms with van der Waals surface area (Å²) in [6.07, 6.45) is -0.277. The van der Waals surface area contributed by atoms with E-state index in [1.54, 1.807) is 13.2 Å². The van der Waals surface area contributed by atoms with Crippen molar-refractivity contribution in [1.82, 2.24) is 0 Å². The van der Waals surface area contributed by atoms with Crippen molar-refractivity contribution in [2.45, 2.75) is 19.4 Å². The number of hydrogen-bond donors (Lipinski definition) is 1. The molecule has 0 amide bonds. The van der Waals surface area contributed by atoms with Crippen LogP contribution in [-0.4, -0.2) is 12.2 Å². The normalized spacial score (nSPS) is 12.4. The zero-order valence-corrected chi connectivity index (χ0v) is 11.1. The quantitative estimate of drug-likeness (QED) is 0.918. The molecule has 1 aromatic heterocycles. The SMILES string of the molecule is COc1ccsc1C(O)Cc1cc(F)ccc1C. The predicted molar refractivity (Wildman–Crippen MR) is 70.7 cm³/mol. The Kier molecular flexibility index (Phi) is 3.99. The van der Waals surface area contributed by atoms with Crippen molar-refractivity contribution in [3.63, 3.8) is 0 Å². The minimum absolute atomic E-state index is 0.277. The van der Waals surface area contributed by atoms with Gasteiger partial charge in [-0.05, 0) is 41.6 Å². The molecule has 2 aromatic rings. The Morgan fingerprint density at radius 2 is 2.17 bits per heavy atom. The second-order valence-corrected chi connectivity index (χ2v) is 5.09. The van der Waals surface area contributed by atoms with E-state index < -0.39 is 6.10 Å². The minimum atomic E-state index is -0.666. The highest BCUT2D eigenvalue weighted by atomic mass is 32.1. The molecule has 1 heterocycles. The zero-order valence-electron chi connectivity index (χ0n) is 10.3. The molecule has 0 bridgehead atoms. The number of rotatable bonds is 4. The molecular formula is C14H15FO2S. The number of aliphatic hydroxyl groups excluding tert-OH is 1. The first-order valence-electron chi connectivity index (χ1n) is 5.66. The lowest BCUT2D eigenvalue weighted by Crippen LogP contribution is -2.03. The predicted octanol–water partition coefficient (Wildman–Crippen LogP) is 3.48. The van der Waals surface area contributed by atoms with Gasteiger partial charge in [0.1, 0.15) is 11.6 Å². The molecule has 4 heteroatoms. The number of benzene rings is 1. The van der Waals surface area contributed by atoms with E-state index in [4.69, 9.17) is 4.74 Å². The number of halogens is 1. The van der Waals surface area contributed by atoms with Crippen molar-refractivity contribution < 1.29 is 14.2 Å². The first-order valence-corrected chi connectivity index (χ1v) is 6.54. The first kappa shape index (κ1) is 13.1. The van der Waals surface area contributed by atoms with Crippen LogP contribution in [0.5, 0.6) is 5.75 Å². The monoisotopic (exact) mass is 266 g/mol. The van der Waals surface area contributed by atoms with Gasteiger partial charge in [-0.3, -0.25) is 0 Å². The third-order valence-electron chi connectivity index (χ3n) is 2.90. The Hall–Kier alpha value is -1.39. The van der Waals surface area contributed by atoms with Gasteiger partial charge in [-0.1, -0.05) is 6.07 Å². The highest BCUT2D eigenvalue weighted by Gasteiger charge is 2.16. The Labute approximate surface area is 110 Å². The van der Waals surface area contributed by atoms with Gasteiger partial charge in [0.05, 0.1) is 18.1 Å². The molecule has 0 saturated heterocycles. The molecule has 0 fully saturated rings. The lowest BCUT2D eigenvalue weighted by molar-refractivity contribution is 0.178. The first-order chi connectivity index (χ1) is 8.61. The van der Waals surface area contributed by atoms with Gasteiger partial charge >= 0.3 is 0 Å². The minimum Gasteiger partial charge on any atom is -0.495 e. The lowest BCUT2D eigenvalue weighted by atomic mass is 10.0. The van der Waals surface area contributed by atoms with Crippen LogP contribution >= 0.6 is 11.3 Å². The molecule has 0 aliphatic rings. The molecule has 96 valence electrons. The zero-order chi connectivity index (χ0) is 13.1. The summed E-state index contributed by atoms with van der Waals surface area (Å²) in [7, 11) is 1.58. The number of thiophene rings is 1. The Morgan fingerprint density at radius 3 is 2.89 bits per heavy atom. The van der Waals surface area contributed by atoms with E-state index in [1.165, 1.54) is 23.5 Å². The van der Waals surface area contributed by atoms with Crippen molar-refractivity contribution in [1.29, 1.82) is 0 Å². The van der Waals surface area contributed by atoms with Gasteiger partial charge < -0.3 is 9.84 Å². The molecular weight excluding hydrogens is 251 g/mol. The van der Waals surface area contributed by atoms with Gasteiger partial charge in [-0.15, -0.1) is 11.3 Å². The Bertz CT molecular complexity index is 536. The summed E-state index contributed by atoms with van der Waals surface area (Å²) >= 11 is 1.44. The van der Waals surface area contributed by atoms with Crippen LogP contribution in [0.1, 0.15) is 22.1 Å². The van der Waals surface area contributed by atoms with Gasteiger partial charge in [-0.2, -0.15) is 0 Å².